The number of quaternary nitrogens is 1. The number of nitrogens with zero attached hydrogens (tertiary/aromatic N) is 3. The Hall–Kier alpha value is -3.48. The lowest BCUT2D eigenvalue weighted by Gasteiger charge is -2.14. The SMILES string of the molecule is CCn1cnc2cc(-c3cc(OCC[NH+](C)C)c(C(N)=O)c4[nH]cnc34)ccc21.CS(=O)(=O)[O-]. The Morgan fingerprint density at radius 3 is 2.59 bits per heavy atom. The first-order valence-corrected chi connectivity index (χ1v) is 12.4. The van der Waals surface area contributed by atoms with E-state index in [1.165, 1.54) is 4.90 Å². The van der Waals surface area contributed by atoms with Crippen LogP contribution in [0.3, 0.4) is 0 Å². The van der Waals surface area contributed by atoms with Crippen molar-refractivity contribution in [3.05, 3.63) is 42.5 Å². The highest BCUT2D eigenvalue weighted by atomic mass is 32.2. The van der Waals surface area contributed by atoms with Gasteiger partial charge in [-0.15, -0.1) is 0 Å². The van der Waals surface area contributed by atoms with E-state index < -0.39 is 16.0 Å². The second-order valence-corrected chi connectivity index (χ2v) is 9.44. The van der Waals surface area contributed by atoms with E-state index in [0.717, 1.165) is 35.2 Å². The minimum Gasteiger partial charge on any atom is -0.748 e. The molecule has 12 heteroatoms. The molecule has 0 aliphatic rings. The predicted molar refractivity (Wildman–Crippen MR) is 128 cm³/mol. The van der Waals surface area contributed by atoms with Gasteiger partial charge in [0.1, 0.15) is 24.5 Å². The number of primary amides is 1. The molecular weight excluding hydrogens is 460 g/mol. The summed E-state index contributed by atoms with van der Waals surface area (Å²) in [6.45, 7) is 4.22. The maximum atomic E-state index is 12.2. The number of imidazole rings is 2. The molecule has 0 spiro atoms. The Morgan fingerprint density at radius 1 is 1.26 bits per heavy atom. The zero-order valence-corrected chi connectivity index (χ0v) is 20.3. The monoisotopic (exact) mass is 488 g/mol. The van der Waals surface area contributed by atoms with Gasteiger partial charge in [-0.2, -0.15) is 0 Å². The van der Waals surface area contributed by atoms with Gasteiger partial charge in [0.05, 0.1) is 58.9 Å². The van der Waals surface area contributed by atoms with E-state index in [1.54, 1.807) is 6.33 Å². The van der Waals surface area contributed by atoms with Gasteiger partial charge in [0, 0.05) is 18.4 Å². The first-order valence-electron chi connectivity index (χ1n) is 10.6. The Bertz CT molecular complexity index is 1420. The number of benzene rings is 2. The number of hydrogen-bond acceptors (Lipinski definition) is 7. The van der Waals surface area contributed by atoms with Crippen LogP contribution in [0.5, 0.6) is 5.75 Å². The predicted octanol–water partition coefficient (Wildman–Crippen LogP) is 0.383. The molecule has 0 radical (unpaired) electrons. The topological polar surface area (TPSA) is 160 Å². The summed E-state index contributed by atoms with van der Waals surface area (Å²) >= 11 is 0. The molecule has 0 bridgehead atoms. The van der Waals surface area contributed by atoms with E-state index >= 15 is 0 Å². The number of fused-ring (bicyclic) bond motifs is 2. The fraction of sp³-hybridized carbons (Fsp3) is 0.318. The average molecular weight is 489 g/mol. The van der Waals surface area contributed by atoms with Crippen LogP contribution in [0.1, 0.15) is 17.3 Å². The number of carbonyl (C=O) groups is 1. The van der Waals surface area contributed by atoms with Crippen LogP contribution in [0.2, 0.25) is 0 Å². The number of rotatable bonds is 7. The zero-order valence-electron chi connectivity index (χ0n) is 19.5. The van der Waals surface area contributed by atoms with Gasteiger partial charge >= 0.3 is 0 Å². The van der Waals surface area contributed by atoms with Crippen molar-refractivity contribution in [3.63, 3.8) is 0 Å². The first kappa shape index (κ1) is 25.1. The standard InChI is InChI=1S/C21H24N6O2.CH4O3S/c1-4-27-12-25-15-9-13(5-6-16(15)27)14-10-17(29-8-7-26(2)3)18(21(22)28)20-19(14)23-11-24-20;1-5(2,3)4/h5-6,9-12H,4,7-8H2,1-3H3,(H2,22,28)(H,23,24);1H3,(H,2,3,4). The molecule has 2 aromatic heterocycles. The summed E-state index contributed by atoms with van der Waals surface area (Å²) in [5.41, 5.74) is 11.1. The molecule has 2 aromatic carbocycles. The molecule has 182 valence electrons. The zero-order chi connectivity index (χ0) is 25.0. The van der Waals surface area contributed by atoms with Crippen LogP contribution in [0.15, 0.2) is 36.9 Å². The molecule has 4 rings (SSSR count). The summed E-state index contributed by atoms with van der Waals surface area (Å²) in [7, 11) is 0.180. The molecule has 1 amide bonds. The van der Waals surface area contributed by atoms with Gasteiger partial charge in [0.15, 0.2) is 0 Å². The number of aromatic amines is 1. The maximum absolute atomic E-state index is 12.2. The highest BCUT2D eigenvalue weighted by Gasteiger charge is 2.21. The smallest absolute Gasteiger partial charge is 0.254 e. The van der Waals surface area contributed by atoms with E-state index in [-0.39, 0.29) is 0 Å². The van der Waals surface area contributed by atoms with Gasteiger partial charge < -0.3 is 29.5 Å². The number of ether oxygens (including phenoxy) is 1. The summed E-state index contributed by atoms with van der Waals surface area (Å²) in [6.07, 6.45) is 4.01. The molecule has 0 saturated heterocycles. The highest BCUT2D eigenvalue weighted by Crippen LogP contribution is 2.36. The summed E-state index contributed by atoms with van der Waals surface area (Å²) in [5, 5.41) is 0. The van der Waals surface area contributed by atoms with Crippen molar-refractivity contribution in [2.75, 3.05) is 33.5 Å². The number of amides is 1. The number of nitrogens with two attached hydrogens (primary N) is 1. The molecule has 11 nitrogen and oxygen atoms in total. The second-order valence-electron chi connectivity index (χ2n) is 8.03. The normalized spacial score (nSPS) is 11.6. The van der Waals surface area contributed by atoms with Crippen molar-refractivity contribution in [3.8, 4) is 16.9 Å². The number of nitrogens with one attached hydrogen (secondary N) is 2. The minimum absolute atomic E-state index is 0.325. The Kier molecular flexibility index (Phi) is 7.54. The molecule has 0 aliphatic heterocycles. The lowest BCUT2D eigenvalue weighted by atomic mass is 9.99. The van der Waals surface area contributed by atoms with Gasteiger partial charge in [-0.1, -0.05) is 6.07 Å². The molecule has 0 atom stereocenters. The molecule has 34 heavy (non-hydrogen) atoms. The molecule has 4 N–H and O–H groups in total. The molecule has 2 heterocycles. The molecule has 0 fully saturated rings. The first-order chi connectivity index (χ1) is 16.0. The van der Waals surface area contributed by atoms with E-state index in [0.29, 0.717) is 35.2 Å². The van der Waals surface area contributed by atoms with Crippen LogP contribution in [-0.2, 0) is 16.7 Å². The van der Waals surface area contributed by atoms with Gasteiger partial charge in [-0.3, -0.25) is 4.79 Å². The van der Waals surface area contributed by atoms with Crippen LogP contribution in [0.25, 0.3) is 33.2 Å². The number of aromatic nitrogens is 4. The van der Waals surface area contributed by atoms with E-state index in [1.807, 2.05) is 38.6 Å². The Balaban J connectivity index is 0.000000588. The van der Waals surface area contributed by atoms with Crippen molar-refractivity contribution in [1.82, 2.24) is 19.5 Å². The lowest BCUT2D eigenvalue weighted by Crippen LogP contribution is -3.06. The Morgan fingerprint density at radius 2 is 1.97 bits per heavy atom. The lowest BCUT2D eigenvalue weighted by molar-refractivity contribution is -0.858. The molecule has 0 aliphatic carbocycles. The molecule has 4 aromatic rings. The largest absolute Gasteiger partial charge is 0.748 e. The fourth-order valence-electron chi connectivity index (χ4n) is 3.51. The van der Waals surface area contributed by atoms with Crippen LogP contribution in [0.4, 0.5) is 0 Å². The van der Waals surface area contributed by atoms with Crippen molar-refractivity contribution in [1.29, 1.82) is 0 Å². The summed E-state index contributed by atoms with van der Waals surface area (Å²) in [6, 6.07) is 7.98. The van der Waals surface area contributed by atoms with Gasteiger partial charge in [0.2, 0.25) is 0 Å². The quantitative estimate of drug-likeness (QED) is 0.317. The number of likely N-dealkylation sites (N-methyl/N-ethyl adjacent to an activating group) is 1. The molecule has 0 saturated carbocycles. The third-order valence-electron chi connectivity index (χ3n) is 5.05. The van der Waals surface area contributed by atoms with Crippen molar-refractivity contribution >= 4 is 38.1 Å². The van der Waals surface area contributed by atoms with Gasteiger partial charge in [-0.05, 0) is 30.7 Å². The average Bonchev–Trinajstić information content (AvgIpc) is 3.37. The van der Waals surface area contributed by atoms with E-state index in [9.17, 15) is 4.79 Å². The van der Waals surface area contributed by atoms with Gasteiger partial charge in [-0.25, -0.2) is 18.4 Å². The molecule has 0 unspecified atom stereocenters. The second kappa shape index (κ2) is 10.2. The summed E-state index contributed by atoms with van der Waals surface area (Å²) < 4.78 is 35.3. The third kappa shape index (κ3) is 5.90. The number of H-pyrrole nitrogens is 1. The van der Waals surface area contributed by atoms with Crippen molar-refractivity contribution < 1.29 is 27.4 Å². The fourth-order valence-corrected chi connectivity index (χ4v) is 3.51. The van der Waals surface area contributed by atoms with Crippen LogP contribution in [0, 0.1) is 0 Å². The minimum atomic E-state index is -3.92. The van der Waals surface area contributed by atoms with Crippen molar-refractivity contribution in [2.24, 2.45) is 5.73 Å². The number of aryl methyl sites for hydroxylation is 1. The van der Waals surface area contributed by atoms with E-state index in [2.05, 4.69) is 32.5 Å². The van der Waals surface area contributed by atoms with Crippen molar-refractivity contribution in [2.45, 2.75) is 13.5 Å². The van der Waals surface area contributed by atoms with Crippen LogP contribution in [-0.4, -0.2) is 71.9 Å². The third-order valence-corrected chi connectivity index (χ3v) is 5.05. The van der Waals surface area contributed by atoms with E-state index in [4.69, 9.17) is 23.4 Å². The highest BCUT2D eigenvalue weighted by molar-refractivity contribution is 7.84. The summed E-state index contributed by atoms with van der Waals surface area (Å²) in [5.74, 6) is -0.0835. The maximum Gasteiger partial charge on any atom is 0.254 e. The van der Waals surface area contributed by atoms with Crippen LogP contribution >= 0.6 is 0 Å². The van der Waals surface area contributed by atoms with Crippen LogP contribution < -0.4 is 15.4 Å². The molecular formula is C22H28N6O5S. The number of carbonyl (C=O) groups excluding carboxylic acids is 1. The Labute approximate surface area is 197 Å². The summed E-state index contributed by atoms with van der Waals surface area (Å²) in [4.78, 5) is 25.4. The van der Waals surface area contributed by atoms with Gasteiger partial charge in [0.25, 0.3) is 5.91 Å². The number of hydrogen-bond donors (Lipinski definition) is 3.